The van der Waals surface area contributed by atoms with Crippen molar-refractivity contribution in [2.24, 2.45) is 0 Å². The predicted molar refractivity (Wildman–Crippen MR) is 418 cm³/mol. The molecule has 0 rings (SSSR count). The van der Waals surface area contributed by atoms with Crippen LogP contribution in [0.5, 0.6) is 0 Å². The molecule has 19 heteroatoms. The summed E-state index contributed by atoms with van der Waals surface area (Å²) in [6, 6.07) is 0. The number of ether oxygens (including phenoxy) is 4. The van der Waals surface area contributed by atoms with Gasteiger partial charge in [-0.1, -0.05) is 271 Å². The molecule has 0 aromatic heterocycles. The summed E-state index contributed by atoms with van der Waals surface area (Å²) in [5.41, 5.74) is 0. The number of hydrogen-bond acceptors (Lipinski definition) is 15. The quantitative estimate of drug-likeness (QED) is 0.0169. The van der Waals surface area contributed by atoms with E-state index in [-0.39, 0.29) is 25.7 Å². The van der Waals surface area contributed by atoms with Crippen LogP contribution in [0, 0.1) is 0 Å². The fourth-order valence-corrected chi connectivity index (χ4v) is 12.0. The van der Waals surface area contributed by atoms with Crippen molar-refractivity contribution in [2.75, 3.05) is 39.6 Å². The van der Waals surface area contributed by atoms with E-state index in [0.717, 1.165) is 205 Å². The number of phosphoric ester groups is 2. The molecule has 0 aromatic carbocycles. The van der Waals surface area contributed by atoms with E-state index in [1.807, 2.05) is 0 Å². The van der Waals surface area contributed by atoms with Gasteiger partial charge < -0.3 is 33.8 Å². The van der Waals surface area contributed by atoms with Crippen LogP contribution in [0.1, 0.15) is 323 Å². The molecule has 0 amide bonds. The lowest BCUT2D eigenvalue weighted by molar-refractivity contribution is -0.161. The summed E-state index contributed by atoms with van der Waals surface area (Å²) in [6.45, 7) is 4.54. The Morgan fingerprint density at radius 1 is 0.284 bits per heavy atom. The molecule has 0 bridgehead atoms. The van der Waals surface area contributed by atoms with Gasteiger partial charge in [0.05, 0.1) is 26.4 Å². The van der Waals surface area contributed by atoms with Crippen molar-refractivity contribution in [3.8, 4) is 0 Å². The molecule has 0 spiro atoms. The highest BCUT2D eigenvalue weighted by atomic mass is 31.2. The van der Waals surface area contributed by atoms with Gasteiger partial charge in [0.1, 0.15) is 19.3 Å². The monoisotopic (exact) mass is 1470 g/mol. The molecule has 0 aliphatic rings. The highest BCUT2D eigenvalue weighted by Crippen LogP contribution is 2.45. The Morgan fingerprint density at radius 3 is 0.833 bits per heavy atom. The van der Waals surface area contributed by atoms with E-state index in [4.69, 9.17) is 37.0 Å². The predicted octanol–water partition coefficient (Wildman–Crippen LogP) is 23.1. The van der Waals surface area contributed by atoms with Crippen molar-refractivity contribution in [1.82, 2.24) is 0 Å². The molecule has 0 fully saturated rings. The number of carbonyl (C=O) groups excluding carboxylic acids is 4. The third kappa shape index (κ3) is 73.8. The Kier molecular flexibility index (Phi) is 71.4. The molecule has 0 saturated heterocycles. The number of esters is 4. The zero-order chi connectivity index (χ0) is 74.6. The number of aliphatic hydroxyl groups excluding tert-OH is 1. The van der Waals surface area contributed by atoms with Crippen LogP contribution in [0.2, 0.25) is 0 Å². The van der Waals surface area contributed by atoms with Gasteiger partial charge in [0.25, 0.3) is 0 Å². The van der Waals surface area contributed by atoms with Crippen LogP contribution in [0.15, 0.2) is 122 Å². The second kappa shape index (κ2) is 74.7. The molecule has 0 aliphatic heterocycles. The standard InChI is InChI=1S/C83H142O17P2/c1-5-9-13-17-21-25-29-33-36-38-41-44-47-51-55-59-63-67-80(85)93-73-78(99-82(87)69-65-61-57-53-49-43-32-28-24-20-16-12-8-4)75-97-101(89,90)95-71-77(84)72-96-102(91,92)98-76-79(100-83(88)70-66-62-58-54-50-46-40-35-31-27-23-19-15-11-7-3)74-94-81(86)68-64-60-56-52-48-45-42-39-37-34-30-26-22-18-14-10-6-2/h9-10,13-14,16,20-22,25-26,28,32-37,40,42,45,77-79,84H,5-8,11-12,15,17-19,23-24,27,29-31,38-39,41,43-44,46-76H2,1-4H3,(H,89,90)(H,91,92)/b13-9-,14-10-,20-16-,25-21-,26-22-,32-28-,36-33-,37-34-,40-35-,45-42-. The number of carbonyl (C=O) groups is 4. The van der Waals surface area contributed by atoms with Gasteiger partial charge in [-0.25, -0.2) is 9.13 Å². The minimum atomic E-state index is -4.99. The third-order valence-electron chi connectivity index (χ3n) is 16.4. The minimum Gasteiger partial charge on any atom is -0.462 e. The average molecular weight is 1470 g/mol. The van der Waals surface area contributed by atoms with Crippen molar-refractivity contribution in [3.05, 3.63) is 122 Å². The van der Waals surface area contributed by atoms with Gasteiger partial charge in [-0.3, -0.25) is 37.3 Å². The van der Waals surface area contributed by atoms with Crippen LogP contribution in [0.3, 0.4) is 0 Å². The number of aliphatic hydroxyl groups is 1. The first-order valence-corrected chi connectivity index (χ1v) is 42.8. The molecule has 0 radical (unpaired) electrons. The normalized spacial score (nSPS) is 14.5. The maximum Gasteiger partial charge on any atom is 0.472 e. The van der Waals surface area contributed by atoms with Crippen LogP contribution in [-0.4, -0.2) is 96.7 Å². The average Bonchev–Trinajstić information content (AvgIpc) is 0.939. The van der Waals surface area contributed by atoms with Gasteiger partial charge in [0.2, 0.25) is 0 Å². The fraction of sp³-hybridized carbons (Fsp3) is 0.711. The van der Waals surface area contributed by atoms with Gasteiger partial charge >= 0.3 is 39.5 Å². The van der Waals surface area contributed by atoms with Crippen molar-refractivity contribution in [3.63, 3.8) is 0 Å². The second-order valence-electron chi connectivity index (χ2n) is 26.2. The van der Waals surface area contributed by atoms with Gasteiger partial charge in [-0.2, -0.15) is 0 Å². The van der Waals surface area contributed by atoms with E-state index >= 15 is 0 Å². The Labute approximate surface area is 619 Å². The molecule has 3 N–H and O–H groups in total. The van der Waals surface area contributed by atoms with Gasteiger partial charge in [0, 0.05) is 25.7 Å². The van der Waals surface area contributed by atoms with Crippen LogP contribution in [0.25, 0.3) is 0 Å². The molecule has 0 saturated carbocycles. The van der Waals surface area contributed by atoms with E-state index in [2.05, 4.69) is 149 Å². The summed E-state index contributed by atoms with van der Waals surface area (Å²) in [5.74, 6) is -2.23. The SMILES string of the molecule is CC/C=C\C/C=C\C/C=C\C/C=C\CCCCCCC(=O)OCC(COP(=O)(O)OCC(O)COP(=O)(O)OCC(COC(=O)CCCCCCCCC/C=C\C/C=C\C/C=C\CC)OC(=O)CCCCCCC/C=C\C/C=C\CCC)OC(=O)CCCCCCC/C=C\CCCCCCCC. The maximum absolute atomic E-state index is 13.1. The van der Waals surface area contributed by atoms with Gasteiger partial charge in [-0.05, 0) is 148 Å². The Balaban J connectivity index is 5.38. The molecule has 0 heterocycles. The lowest BCUT2D eigenvalue weighted by Crippen LogP contribution is -2.30. The molecular formula is C83H142O17P2. The summed E-state index contributed by atoms with van der Waals surface area (Å²) in [7, 11) is -9.97. The third-order valence-corrected chi connectivity index (χ3v) is 18.3. The Bertz CT molecular complexity index is 2410. The lowest BCUT2D eigenvalue weighted by Gasteiger charge is -2.21. The highest BCUT2D eigenvalue weighted by Gasteiger charge is 2.30. The summed E-state index contributed by atoms with van der Waals surface area (Å²) in [4.78, 5) is 73.0. The minimum absolute atomic E-state index is 0.0742. The molecule has 586 valence electrons. The van der Waals surface area contributed by atoms with E-state index in [1.54, 1.807) is 0 Å². The van der Waals surface area contributed by atoms with Crippen molar-refractivity contribution in [2.45, 2.75) is 341 Å². The number of allylic oxidation sites excluding steroid dienone is 20. The Morgan fingerprint density at radius 2 is 0.529 bits per heavy atom. The largest absolute Gasteiger partial charge is 0.472 e. The number of rotatable bonds is 74. The molecule has 102 heavy (non-hydrogen) atoms. The first-order valence-electron chi connectivity index (χ1n) is 39.8. The first-order chi connectivity index (χ1) is 49.7. The van der Waals surface area contributed by atoms with Crippen LogP contribution in [0.4, 0.5) is 0 Å². The molecule has 17 nitrogen and oxygen atoms in total. The number of unbranched alkanes of at least 4 members (excludes halogenated alkanes) is 28. The van der Waals surface area contributed by atoms with E-state index < -0.39 is 97.5 Å². The molecule has 5 unspecified atom stereocenters. The van der Waals surface area contributed by atoms with E-state index in [0.29, 0.717) is 25.7 Å². The summed E-state index contributed by atoms with van der Waals surface area (Å²) >= 11 is 0. The van der Waals surface area contributed by atoms with Crippen LogP contribution >= 0.6 is 15.6 Å². The number of phosphoric acid groups is 2. The van der Waals surface area contributed by atoms with Crippen LogP contribution < -0.4 is 0 Å². The van der Waals surface area contributed by atoms with Gasteiger partial charge in [0.15, 0.2) is 12.2 Å². The van der Waals surface area contributed by atoms with E-state index in [9.17, 15) is 43.2 Å². The lowest BCUT2D eigenvalue weighted by atomic mass is 10.1. The topological polar surface area (TPSA) is 237 Å². The summed E-state index contributed by atoms with van der Waals surface area (Å²) in [5, 5.41) is 10.6. The zero-order valence-corrected chi connectivity index (χ0v) is 65.8. The molecule has 0 aromatic rings. The van der Waals surface area contributed by atoms with E-state index in [1.165, 1.54) is 38.5 Å². The molecule has 5 atom stereocenters. The zero-order valence-electron chi connectivity index (χ0n) is 64.0. The van der Waals surface area contributed by atoms with Crippen LogP contribution in [-0.2, 0) is 65.4 Å². The first kappa shape index (κ1) is 97.5. The maximum atomic E-state index is 13.1. The highest BCUT2D eigenvalue weighted by molar-refractivity contribution is 7.47. The number of hydrogen-bond donors (Lipinski definition) is 3. The van der Waals surface area contributed by atoms with Crippen molar-refractivity contribution < 1.29 is 80.2 Å². The molecular weight excluding hydrogens is 1330 g/mol. The Hall–Kier alpha value is -4.54. The summed E-state index contributed by atoms with van der Waals surface area (Å²) < 4.78 is 68.6. The summed E-state index contributed by atoms with van der Waals surface area (Å²) in [6.07, 6.45) is 81.7. The second-order valence-corrected chi connectivity index (χ2v) is 29.1. The smallest absolute Gasteiger partial charge is 0.462 e. The fourth-order valence-electron chi connectivity index (χ4n) is 10.4. The van der Waals surface area contributed by atoms with Crippen molar-refractivity contribution >= 4 is 39.5 Å². The molecule has 0 aliphatic carbocycles. The van der Waals surface area contributed by atoms with Gasteiger partial charge in [-0.15, -0.1) is 0 Å². The van der Waals surface area contributed by atoms with Crippen molar-refractivity contribution in [1.29, 1.82) is 0 Å².